The van der Waals surface area contributed by atoms with Crippen molar-refractivity contribution in [1.82, 2.24) is 10.2 Å². The van der Waals surface area contributed by atoms with Crippen LogP contribution in [0.25, 0.3) is 0 Å². The Morgan fingerprint density at radius 3 is 2.76 bits per heavy atom. The van der Waals surface area contributed by atoms with Gasteiger partial charge in [-0.25, -0.2) is 4.39 Å². The summed E-state index contributed by atoms with van der Waals surface area (Å²) >= 11 is 12.5. The highest BCUT2D eigenvalue weighted by Crippen LogP contribution is 2.37. The van der Waals surface area contributed by atoms with Gasteiger partial charge in [0.25, 0.3) is 0 Å². The van der Waals surface area contributed by atoms with E-state index in [-0.39, 0.29) is 12.4 Å². The Kier molecular flexibility index (Phi) is 8.01. The maximum absolute atomic E-state index is 13.2. The molecule has 7 heteroatoms. The van der Waals surface area contributed by atoms with Crippen molar-refractivity contribution in [1.29, 1.82) is 0 Å². The number of methoxy groups -OCH3 is 1. The van der Waals surface area contributed by atoms with E-state index in [9.17, 15) is 4.39 Å². The summed E-state index contributed by atoms with van der Waals surface area (Å²) in [5, 5.41) is 4.31. The van der Waals surface area contributed by atoms with Crippen LogP contribution in [0, 0.1) is 5.82 Å². The van der Waals surface area contributed by atoms with E-state index in [4.69, 9.17) is 32.7 Å². The summed E-state index contributed by atoms with van der Waals surface area (Å²) in [4.78, 5) is 2.51. The van der Waals surface area contributed by atoms with Crippen LogP contribution < -0.4 is 14.8 Å². The number of rotatable bonds is 9. The van der Waals surface area contributed by atoms with Crippen LogP contribution in [0.2, 0.25) is 10.0 Å². The summed E-state index contributed by atoms with van der Waals surface area (Å²) in [6.07, 6.45) is 2.51. The lowest BCUT2D eigenvalue weighted by Crippen LogP contribution is -2.37. The van der Waals surface area contributed by atoms with Crippen LogP contribution in [0.1, 0.15) is 30.9 Å². The van der Waals surface area contributed by atoms with E-state index in [2.05, 4.69) is 17.1 Å². The molecule has 3 rings (SSSR count). The molecule has 4 nitrogen and oxygen atoms in total. The fourth-order valence-electron chi connectivity index (χ4n) is 3.73. The number of ether oxygens (including phenoxy) is 2. The van der Waals surface area contributed by atoms with Crippen LogP contribution in [0.15, 0.2) is 30.3 Å². The number of likely N-dealkylation sites (tertiary alicyclic amines) is 1. The van der Waals surface area contributed by atoms with Crippen molar-refractivity contribution in [3.63, 3.8) is 0 Å². The van der Waals surface area contributed by atoms with Crippen LogP contribution in [-0.2, 0) is 13.2 Å². The minimum absolute atomic E-state index is 0.168. The Balaban J connectivity index is 1.62. The van der Waals surface area contributed by atoms with Crippen molar-refractivity contribution in [3.8, 4) is 11.5 Å². The normalized spacial score (nSPS) is 16.9. The molecule has 1 saturated heterocycles. The molecule has 0 aliphatic carbocycles. The molecule has 158 valence electrons. The number of hydrogen-bond acceptors (Lipinski definition) is 4. The van der Waals surface area contributed by atoms with Gasteiger partial charge in [-0.15, -0.1) is 0 Å². The Labute approximate surface area is 181 Å². The van der Waals surface area contributed by atoms with Crippen molar-refractivity contribution in [2.24, 2.45) is 0 Å². The van der Waals surface area contributed by atoms with E-state index >= 15 is 0 Å². The van der Waals surface area contributed by atoms with Gasteiger partial charge in [0.05, 0.1) is 17.2 Å². The summed E-state index contributed by atoms with van der Waals surface area (Å²) in [7, 11) is 1.58. The SMILES string of the molecule is CCN1CCC[C@@H]1CNCc1cc(Cl)c(OCc2ccc(F)cc2Cl)c(OC)c1. The molecule has 1 aliphatic rings. The highest BCUT2D eigenvalue weighted by Gasteiger charge is 2.22. The van der Waals surface area contributed by atoms with Crippen molar-refractivity contribution in [2.45, 2.75) is 39.0 Å². The van der Waals surface area contributed by atoms with Gasteiger partial charge in [0, 0.05) is 24.7 Å². The highest BCUT2D eigenvalue weighted by molar-refractivity contribution is 6.32. The minimum atomic E-state index is -0.383. The second kappa shape index (κ2) is 10.5. The molecule has 2 aromatic carbocycles. The summed E-state index contributed by atoms with van der Waals surface area (Å²) < 4.78 is 24.5. The zero-order valence-corrected chi connectivity index (χ0v) is 18.3. The molecule has 2 aromatic rings. The van der Waals surface area contributed by atoms with Crippen molar-refractivity contribution in [3.05, 3.63) is 57.3 Å². The minimum Gasteiger partial charge on any atom is -0.493 e. The third-order valence-electron chi connectivity index (χ3n) is 5.29. The molecule has 1 fully saturated rings. The fourth-order valence-corrected chi connectivity index (χ4v) is 4.24. The molecule has 0 aromatic heterocycles. The number of hydrogen-bond donors (Lipinski definition) is 1. The number of likely N-dealkylation sites (N-methyl/N-ethyl adjacent to an activating group) is 1. The molecule has 1 atom stereocenters. The zero-order chi connectivity index (χ0) is 20.8. The summed E-state index contributed by atoms with van der Waals surface area (Å²) in [5.41, 5.74) is 1.70. The van der Waals surface area contributed by atoms with Gasteiger partial charge in [0.1, 0.15) is 12.4 Å². The van der Waals surface area contributed by atoms with Crippen LogP contribution in [-0.4, -0.2) is 37.7 Å². The van der Waals surface area contributed by atoms with Crippen LogP contribution >= 0.6 is 23.2 Å². The number of nitrogens with one attached hydrogen (secondary N) is 1. The molecule has 0 bridgehead atoms. The lowest BCUT2D eigenvalue weighted by molar-refractivity contribution is 0.260. The highest BCUT2D eigenvalue weighted by atomic mass is 35.5. The topological polar surface area (TPSA) is 33.7 Å². The first-order valence-corrected chi connectivity index (χ1v) is 10.6. The van der Waals surface area contributed by atoms with Gasteiger partial charge in [-0.05, 0) is 55.8 Å². The second-order valence-corrected chi connectivity index (χ2v) is 8.00. The fraction of sp³-hybridized carbons (Fsp3) is 0.455. The number of benzene rings is 2. The van der Waals surface area contributed by atoms with Gasteiger partial charge in [0.2, 0.25) is 0 Å². The predicted octanol–water partition coefficient (Wildman–Crippen LogP) is 5.29. The third-order valence-corrected chi connectivity index (χ3v) is 5.92. The molecule has 1 N–H and O–H groups in total. The molecule has 1 heterocycles. The van der Waals surface area contributed by atoms with E-state index in [1.165, 1.54) is 31.5 Å². The maximum atomic E-state index is 13.2. The first kappa shape index (κ1) is 22.2. The standard InChI is InChI=1S/C22H27Cl2FN2O2/c1-3-27-8-4-5-18(27)13-26-12-15-9-20(24)22(21(10-15)28-2)29-14-16-6-7-17(25)11-19(16)23/h6-7,9-11,18,26H,3-5,8,12-14H2,1-2H3/t18-/m1/s1. The average molecular weight is 441 g/mol. The van der Waals surface area contributed by atoms with Crippen LogP contribution in [0.5, 0.6) is 11.5 Å². The van der Waals surface area contributed by atoms with Crippen LogP contribution in [0.3, 0.4) is 0 Å². The summed E-state index contributed by atoms with van der Waals surface area (Å²) in [5.74, 6) is 0.626. The lowest BCUT2D eigenvalue weighted by Gasteiger charge is -2.23. The van der Waals surface area contributed by atoms with E-state index in [1.54, 1.807) is 13.2 Å². The number of halogens is 3. The Bertz CT molecular complexity index is 835. The van der Waals surface area contributed by atoms with Crippen molar-refractivity contribution in [2.75, 3.05) is 26.7 Å². The second-order valence-electron chi connectivity index (χ2n) is 7.19. The first-order chi connectivity index (χ1) is 14.0. The Morgan fingerprint density at radius 1 is 1.21 bits per heavy atom. The first-order valence-electron chi connectivity index (χ1n) is 9.89. The third kappa shape index (κ3) is 5.76. The summed E-state index contributed by atoms with van der Waals surface area (Å²) in [6.45, 7) is 6.31. The van der Waals surface area contributed by atoms with Crippen molar-refractivity contribution >= 4 is 23.2 Å². The van der Waals surface area contributed by atoms with Gasteiger partial charge in [-0.3, -0.25) is 4.90 Å². The van der Waals surface area contributed by atoms with E-state index in [1.807, 2.05) is 12.1 Å². The van der Waals surface area contributed by atoms with E-state index in [0.29, 0.717) is 39.7 Å². The van der Waals surface area contributed by atoms with Crippen LogP contribution in [0.4, 0.5) is 4.39 Å². The van der Waals surface area contributed by atoms with Gasteiger partial charge >= 0.3 is 0 Å². The zero-order valence-electron chi connectivity index (χ0n) is 16.8. The molecule has 0 saturated carbocycles. The molecular weight excluding hydrogens is 414 g/mol. The smallest absolute Gasteiger partial charge is 0.180 e. The Hall–Kier alpha value is -1.53. The molecule has 0 radical (unpaired) electrons. The van der Waals surface area contributed by atoms with Gasteiger partial charge in [-0.2, -0.15) is 0 Å². The molecule has 0 unspecified atom stereocenters. The lowest BCUT2D eigenvalue weighted by atomic mass is 10.1. The molecule has 29 heavy (non-hydrogen) atoms. The van der Waals surface area contributed by atoms with Crippen molar-refractivity contribution < 1.29 is 13.9 Å². The molecule has 0 spiro atoms. The molecule has 1 aliphatic heterocycles. The largest absolute Gasteiger partial charge is 0.493 e. The van der Waals surface area contributed by atoms with Gasteiger partial charge < -0.3 is 14.8 Å². The molecular formula is C22H27Cl2FN2O2. The number of nitrogens with zero attached hydrogens (tertiary/aromatic N) is 1. The Morgan fingerprint density at radius 2 is 2.03 bits per heavy atom. The monoisotopic (exact) mass is 440 g/mol. The average Bonchev–Trinajstić information content (AvgIpc) is 3.15. The maximum Gasteiger partial charge on any atom is 0.180 e. The van der Waals surface area contributed by atoms with Gasteiger partial charge in [0.15, 0.2) is 11.5 Å². The van der Waals surface area contributed by atoms with E-state index in [0.717, 1.165) is 18.7 Å². The quantitative estimate of drug-likeness (QED) is 0.573. The summed E-state index contributed by atoms with van der Waals surface area (Å²) in [6, 6.07) is 8.61. The predicted molar refractivity (Wildman–Crippen MR) is 116 cm³/mol. The van der Waals surface area contributed by atoms with Gasteiger partial charge in [-0.1, -0.05) is 36.2 Å². The van der Waals surface area contributed by atoms with E-state index < -0.39 is 0 Å². The molecule has 0 amide bonds.